The topological polar surface area (TPSA) is 68.0 Å². The Labute approximate surface area is 167 Å². The molecule has 0 saturated heterocycles. The molecule has 1 heterocycles. The smallest absolute Gasteiger partial charge is 0.252 e. The van der Waals surface area contributed by atoms with Crippen molar-refractivity contribution in [3.8, 4) is 11.5 Å². The van der Waals surface area contributed by atoms with E-state index in [0.717, 1.165) is 11.1 Å². The van der Waals surface area contributed by atoms with E-state index in [4.69, 9.17) is 4.42 Å². The van der Waals surface area contributed by atoms with Crippen molar-refractivity contribution in [3.05, 3.63) is 107 Å². The first-order valence-corrected chi connectivity index (χ1v) is 9.12. The third kappa shape index (κ3) is 4.06. The average molecular weight is 387 g/mol. The summed E-state index contributed by atoms with van der Waals surface area (Å²) in [5.41, 5.74) is 2.48. The second kappa shape index (κ2) is 8.06. The molecule has 29 heavy (non-hydrogen) atoms. The number of rotatable bonds is 5. The van der Waals surface area contributed by atoms with Crippen molar-refractivity contribution in [1.29, 1.82) is 0 Å². The highest BCUT2D eigenvalue weighted by molar-refractivity contribution is 5.94. The number of nitrogens with zero attached hydrogens (tertiary/aromatic N) is 2. The summed E-state index contributed by atoms with van der Waals surface area (Å²) in [6, 6.07) is 21.6. The first-order valence-electron chi connectivity index (χ1n) is 9.12. The normalized spacial score (nSPS) is 11.8. The summed E-state index contributed by atoms with van der Waals surface area (Å²) < 4.78 is 20.3. The number of carbonyl (C=O) groups excluding carboxylic acids is 1. The van der Waals surface area contributed by atoms with E-state index in [0.29, 0.717) is 11.5 Å². The molecule has 0 saturated carbocycles. The number of carbonyl (C=O) groups is 1. The highest BCUT2D eigenvalue weighted by Crippen LogP contribution is 2.27. The van der Waals surface area contributed by atoms with Crippen LogP contribution in [0, 0.1) is 12.7 Å². The van der Waals surface area contributed by atoms with E-state index in [2.05, 4.69) is 15.5 Å². The van der Waals surface area contributed by atoms with Gasteiger partial charge in [0, 0.05) is 16.7 Å². The van der Waals surface area contributed by atoms with Crippen LogP contribution in [0.5, 0.6) is 0 Å². The molecule has 144 valence electrons. The van der Waals surface area contributed by atoms with Gasteiger partial charge in [-0.25, -0.2) is 4.39 Å². The Hall–Kier alpha value is -3.80. The van der Waals surface area contributed by atoms with Gasteiger partial charge in [0.05, 0.1) is 0 Å². The molecule has 0 spiro atoms. The largest absolute Gasteiger partial charge is 0.418 e. The van der Waals surface area contributed by atoms with Crippen LogP contribution in [-0.4, -0.2) is 16.1 Å². The van der Waals surface area contributed by atoms with Crippen molar-refractivity contribution in [2.45, 2.75) is 13.0 Å². The quantitative estimate of drug-likeness (QED) is 0.539. The maximum atomic E-state index is 14.5. The van der Waals surface area contributed by atoms with Gasteiger partial charge in [-0.15, -0.1) is 10.2 Å². The highest BCUT2D eigenvalue weighted by atomic mass is 19.1. The van der Waals surface area contributed by atoms with E-state index in [1.54, 1.807) is 30.3 Å². The van der Waals surface area contributed by atoms with Gasteiger partial charge in [-0.3, -0.25) is 4.79 Å². The minimum Gasteiger partial charge on any atom is -0.418 e. The third-order valence-electron chi connectivity index (χ3n) is 4.51. The second-order valence-corrected chi connectivity index (χ2v) is 6.61. The number of halogens is 1. The SMILES string of the molecule is Cc1ccc(C(=O)N[C@@H](c2nnc(-c3ccccc3)o2)c2ccccc2F)cc1. The zero-order chi connectivity index (χ0) is 20.2. The fourth-order valence-corrected chi connectivity index (χ4v) is 2.95. The lowest BCUT2D eigenvalue weighted by Gasteiger charge is -2.16. The fraction of sp³-hybridized carbons (Fsp3) is 0.0870. The van der Waals surface area contributed by atoms with Gasteiger partial charge in [0.2, 0.25) is 11.8 Å². The molecule has 0 fully saturated rings. The van der Waals surface area contributed by atoms with Crippen molar-refractivity contribution in [2.75, 3.05) is 0 Å². The zero-order valence-electron chi connectivity index (χ0n) is 15.7. The van der Waals surface area contributed by atoms with Crippen LogP contribution < -0.4 is 5.32 Å². The van der Waals surface area contributed by atoms with Crippen molar-refractivity contribution >= 4 is 5.91 Å². The Morgan fingerprint density at radius 1 is 0.931 bits per heavy atom. The number of benzene rings is 3. The molecule has 6 heteroatoms. The van der Waals surface area contributed by atoms with E-state index in [9.17, 15) is 9.18 Å². The molecule has 1 N–H and O–H groups in total. The Bertz CT molecular complexity index is 1120. The van der Waals surface area contributed by atoms with Crippen LogP contribution >= 0.6 is 0 Å². The molecular weight excluding hydrogens is 369 g/mol. The molecule has 3 aromatic carbocycles. The van der Waals surface area contributed by atoms with Crippen LogP contribution in [-0.2, 0) is 0 Å². The first kappa shape index (κ1) is 18.6. The number of nitrogens with one attached hydrogen (secondary N) is 1. The van der Waals surface area contributed by atoms with Gasteiger partial charge >= 0.3 is 0 Å². The minimum atomic E-state index is -0.921. The molecule has 0 aliphatic carbocycles. The maximum absolute atomic E-state index is 14.5. The lowest BCUT2D eigenvalue weighted by Crippen LogP contribution is -2.30. The predicted molar refractivity (Wildman–Crippen MR) is 107 cm³/mol. The van der Waals surface area contributed by atoms with E-state index >= 15 is 0 Å². The molecule has 1 atom stereocenters. The van der Waals surface area contributed by atoms with Gasteiger partial charge in [0.25, 0.3) is 5.91 Å². The second-order valence-electron chi connectivity index (χ2n) is 6.61. The van der Waals surface area contributed by atoms with Crippen LogP contribution in [0.1, 0.15) is 33.4 Å². The highest BCUT2D eigenvalue weighted by Gasteiger charge is 2.26. The van der Waals surface area contributed by atoms with Gasteiger partial charge < -0.3 is 9.73 Å². The minimum absolute atomic E-state index is 0.106. The van der Waals surface area contributed by atoms with Crippen LogP contribution in [0.3, 0.4) is 0 Å². The van der Waals surface area contributed by atoms with Crippen LogP contribution in [0.15, 0.2) is 83.3 Å². The standard InChI is InChI=1S/C23H18FN3O2/c1-15-11-13-16(14-12-15)21(28)25-20(18-9-5-6-10-19(18)24)23-27-26-22(29-23)17-7-3-2-4-8-17/h2-14,20H,1H3,(H,25,28)/t20-/m1/s1. The van der Waals surface area contributed by atoms with Crippen LogP contribution in [0.25, 0.3) is 11.5 Å². The molecule has 0 bridgehead atoms. The lowest BCUT2D eigenvalue weighted by atomic mass is 10.0. The van der Waals surface area contributed by atoms with E-state index in [1.165, 1.54) is 6.07 Å². The van der Waals surface area contributed by atoms with Crippen LogP contribution in [0.2, 0.25) is 0 Å². The van der Waals surface area contributed by atoms with Crippen molar-refractivity contribution in [1.82, 2.24) is 15.5 Å². The van der Waals surface area contributed by atoms with Gasteiger partial charge in [-0.1, -0.05) is 54.1 Å². The molecular formula is C23H18FN3O2. The Morgan fingerprint density at radius 2 is 1.62 bits per heavy atom. The van der Waals surface area contributed by atoms with Gasteiger partial charge in [0.1, 0.15) is 11.9 Å². The van der Waals surface area contributed by atoms with Gasteiger partial charge in [0.15, 0.2) is 0 Å². The van der Waals surface area contributed by atoms with Crippen molar-refractivity contribution in [2.24, 2.45) is 0 Å². The number of amides is 1. The molecule has 1 aromatic heterocycles. The summed E-state index contributed by atoms with van der Waals surface area (Å²) in [7, 11) is 0. The first-order chi connectivity index (χ1) is 14.1. The van der Waals surface area contributed by atoms with Gasteiger partial charge in [-0.2, -0.15) is 0 Å². The summed E-state index contributed by atoms with van der Waals surface area (Å²) in [4.78, 5) is 12.8. The molecule has 1 amide bonds. The average Bonchev–Trinajstić information content (AvgIpc) is 3.24. The number of hydrogen-bond acceptors (Lipinski definition) is 4. The molecule has 0 aliphatic heterocycles. The van der Waals surface area contributed by atoms with Crippen LogP contribution in [0.4, 0.5) is 4.39 Å². The molecule has 4 rings (SSSR count). The predicted octanol–water partition coefficient (Wildman–Crippen LogP) is 4.70. The summed E-state index contributed by atoms with van der Waals surface area (Å²) >= 11 is 0. The van der Waals surface area contributed by atoms with E-state index in [1.807, 2.05) is 49.4 Å². The molecule has 0 unspecified atom stereocenters. The molecule has 0 aliphatic rings. The van der Waals surface area contributed by atoms with Crippen molar-refractivity contribution < 1.29 is 13.6 Å². The number of aromatic nitrogens is 2. The number of hydrogen-bond donors (Lipinski definition) is 1. The van der Waals surface area contributed by atoms with E-state index in [-0.39, 0.29) is 17.4 Å². The Balaban J connectivity index is 1.70. The Kier molecular flexibility index (Phi) is 5.16. The number of aryl methyl sites for hydroxylation is 1. The molecule has 0 radical (unpaired) electrons. The fourth-order valence-electron chi connectivity index (χ4n) is 2.95. The maximum Gasteiger partial charge on any atom is 0.252 e. The summed E-state index contributed by atoms with van der Waals surface area (Å²) in [5, 5.41) is 11.0. The molecule has 5 nitrogen and oxygen atoms in total. The monoisotopic (exact) mass is 387 g/mol. The zero-order valence-corrected chi connectivity index (χ0v) is 15.7. The summed E-state index contributed by atoms with van der Waals surface area (Å²) in [6.07, 6.45) is 0. The van der Waals surface area contributed by atoms with Gasteiger partial charge in [-0.05, 0) is 37.3 Å². The van der Waals surface area contributed by atoms with E-state index < -0.39 is 11.9 Å². The van der Waals surface area contributed by atoms with Crippen molar-refractivity contribution in [3.63, 3.8) is 0 Å². The summed E-state index contributed by atoms with van der Waals surface area (Å²) in [5.74, 6) is -0.431. The third-order valence-corrected chi connectivity index (χ3v) is 4.51. The lowest BCUT2D eigenvalue weighted by molar-refractivity contribution is 0.0937. The Morgan fingerprint density at radius 3 is 2.34 bits per heavy atom. The summed E-state index contributed by atoms with van der Waals surface area (Å²) in [6.45, 7) is 1.94. The molecule has 4 aromatic rings.